The van der Waals surface area contributed by atoms with Crippen LogP contribution in [-0.2, 0) is 10.0 Å². The largest absolute Gasteiger partial charge is 0.278 e. The molecule has 0 aliphatic rings. The molecule has 0 atom stereocenters. The number of anilines is 1. The Hall–Kier alpha value is -1.45. The van der Waals surface area contributed by atoms with Crippen molar-refractivity contribution in [2.75, 3.05) is 4.72 Å². The van der Waals surface area contributed by atoms with Crippen molar-refractivity contribution in [3.63, 3.8) is 0 Å². The zero-order valence-corrected chi connectivity index (χ0v) is 13.4. The summed E-state index contributed by atoms with van der Waals surface area (Å²) in [5, 5.41) is 9.25. The topological polar surface area (TPSA) is 70.0 Å². The van der Waals surface area contributed by atoms with Gasteiger partial charge in [0.05, 0.1) is 27.4 Å². The molecule has 0 spiro atoms. The highest BCUT2D eigenvalue weighted by atomic mass is 35.5. The Morgan fingerprint density at radius 2 is 1.71 bits per heavy atom. The van der Waals surface area contributed by atoms with E-state index in [2.05, 4.69) is 4.72 Å². The Bertz CT molecular complexity index is 845. The van der Waals surface area contributed by atoms with Crippen LogP contribution in [-0.4, -0.2) is 8.42 Å². The van der Waals surface area contributed by atoms with Gasteiger partial charge in [0.1, 0.15) is 4.90 Å². The summed E-state index contributed by atoms with van der Waals surface area (Å²) >= 11 is 17.6. The molecule has 2 aromatic rings. The van der Waals surface area contributed by atoms with Gasteiger partial charge in [-0.1, -0.05) is 34.8 Å². The third kappa shape index (κ3) is 3.60. The lowest BCUT2D eigenvalue weighted by atomic mass is 10.2. The zero-order chi connectivity index (χ0) is 15.6. The van der Waals surface area contributed by atoms with Gasteiger partial charge in [-0.3, -0.25) is 4.72 Å². The summed E-state index contributed by atoms with van der Waals surface area (Å²) in [5.74, 6) is 0. The molecular formula is C13H7Cl3N2O2S. The predicted molar refractivity (Wildman–Crippen MR) is 83.4 cm³/mol. The van der Waals surface area contributed by atoms with Crippen LogP contribution < -0.4 is 4.72 Å². The molecular weight excluding hydrogens is 355 g/mol. The van der Waals surface area contributed by atoms with Crippen molar-refractivity contribution in [3.05, 3.63) is 57.0 Å². The molecule has 0 saturated carbocycles. The Morgan fingerprint density at radius 1 is 1.00 bits per heavy atom. The molecule has 1 N–H and O–H groups in total. The highest BCUT2D eigenvalue weighted by molar-refractivity contribution is 7.92. The van der Waals surface area contributed by atoms with Crippen LogP contribution in [0.2, 0.25) is 15.1 Å². The van der Waals surface area contributed by atoms with Crippen LogP contribution in [0.3, 0.4) is 0 Å². The molecule has 0 radical (unpaired) electrons. The van der Waals surface area contributed by atoms with Gasteiger partial charge in [0.15, 0.2) is 0 Å². The highest BCUT2D eigenvalue weighted by Gasteiger charge is 2.19. The minimum absolute atomic E-state index is 0.0494. The number of hydrogen-bond acceptors (Lipinski definition) is 3. The van der Waals surface area contributed by atoms with Gasteiger partial charge < -0.3 is 0 Å². The molecule has 108 valence electrons. The Labute approximate surface area is 136 Å². The second kappa shape index (κ2) is 6.12. The van der Waals surface area contributed by atoms with E-state index >= 15 is 0 Å². The van der Waals surface area contributed by atoms with E-state index in [1.807, 2.05) is 6.07 Å². The number of nitrogens with zero attached hydrogens (tertiary/aromatic N) is 1. The quantitative estimate of drug-likeness (QED) is 0.885. The number of nitrogens with one attached hydrogen (secondary N) is 1. The minimum Gasteiger partial charge on any atom is -0.278 e. The van der Waals surface area contributed by atoms with Gasteiger partial charge in [-0.15, -0.1) is 0 Å². The summed E-state index contributed by atoms with van der Waals surface area (Å²) in [6.07, 6.45) is 0. The van der Waals surface area contributed by atoms with Gasteiger partial charge in [0.2, 0.25) is 0 Å². The van der Waals surface area contributed by atoms with Crippen molar-refractivity contribution in [1.82, 2.24) is 0 Å². The average molecular weight is 362 g/mol. The van der Waals surface area contributed by atoms with E-state index in [0.29, 0.717) is 5.02 Å². The number of halogens is 3. The van der Waals surface area contributed by atoms with Crippen molar-refractivity contribution in [2.45, 2.75) is 4.90 Å². The molecule has 2 aromatic carbocycles. The van der Waals surface area contributed by atoms with Gasteiger partial charge in [-0.05, 0) is 36.4 Å². The Balaban J connectivity index is 2.41. The molecule has 2 rings (SSSR count). The number of nitriles is 1. The number of hydrogen-bond donors (Lipinski definition) is 1. The molecule has 0 unspecified atom stereocenters. The number of benzene rings is 2. The van der Waals surface area contributed by atoms with Crippen LogP contribution in [0, 0.1) is 11.3 Å². The molecule has 0 amide bonds. The van der Waals surface area contributed by atoms with Crippen molar-refractivity contribution >= 4 is 50.5 Å². The van der Waals surface area contributed by atoms with Crippen LogP contribution >= 0.6 is 34.8 Å². The third-order valence-corrected chi connectivity index (χ3v) is 4.92. The van der Waals surface area contributed by atoms with E-state index in [-0.39, 0.29) is 26.2 Å². The van der Waals surface area contributed by atoms with Gasteiger partial charge in [0.25, 0.3) is 10.0 Å². The second-order valence-corrected chi connectivity index (χ2v) is 6.89. The maximum Gasteiger partial charge on any atom is 0.263 e. The smallest absolute Gasteiger partial charge is 0.263 e. The molecule has 0 bridgehead atoms. The molecule has 0 saturated heterocycles. The predicted octanol–water partition coefficient (Wildman–Crippen LogP) is 4.32. The van der Waals surface area contributed by atoms with Gasteiger partial charge in [-0.25, -0.2) is 8.42 Å². The highest BCUT2D eigenvalue weighted by Crippen LogP contribution is 2.29. The van der Waals surface area contributed by atoms with E-state index in [0.717, 1.165) is 0 Å². The molecule has 0 aliphatic carbocycles. The molecule has 4 nitrogen and oxygen atoms in total. The standard InChI is InChI=1S/C13H7Cl3N2O2S/c14-9-2-3-12(10(15)6-9)18-21(19,20)13-4-1-8(7-17)5-11(13)16/h1-6,18H. The number of sulfonamides is 1. The number of rotatable bonds is 3. The first-order chi connectivity index (χ1) is 9.83. The molecule has 0 heterocycles. The maximum absolute atomic E-state index is 12.3. The molecule has 0 fully saturated rings. The van der Waals surface area contributed by atoms with Gasteiger partial charge in [-0.2, -0.15) is 5.26 Å². The summed E-state index contributed by atoms with van der Waals surface area (Å²) in [5.41, 5.74) is 0.449. The van der Waals surface area contributed by atoms with Crippen molar-refractivity contribution in [1.29, 1.82) is 5.26 Å². The second-order valence-electron chi connectivity index (χ2n) is 3.99. The lowest BCUT2D eigenvalue weighted by Gasteiger charge is -2.11. The normalized spacial score (nSPS) is 11.0. The fraction of sp³-hybridized carbons (Fsp3) is 0. The first-order valence-corrected chi connectivity index (χ1v) is 8.13. The fourth-order valence-corrected chi connectivity index (χ4v) is 3.70. The van der Waals surface area contributed by atoms with Crippen molar-refractivity contribution in [2.24, 2.45) is 0 Å². The van der Waals surface area contributed by atoms with E-state index in [4.69, 9.17) is 40.1 Å². The summed E-state index contributed by atoms with van der Waals surface area (Å²) < 4.78 is 26.9. The first kappa shape index (κ1) is 15.9. The van der Waals surface area contributed by atoms with Crippen molar-refractivity contribution in [3.8, 4) is 6.07 Å². The Kier molecular flexibility index (Phi) is 4.64. The van der Waals surface area contributed by atoms with Gasteiger partial charge in [0, 0.05) is 5.02 Å². The SMILES string of the molecule is N#Cc1ccc(S(=O)(=O)Nc2ccc(Cl)cc2Cl)c(Cl)c1. The summed E-state index contributed by atoms with van der Waals surface area (Å²) in [6.45, 7) is 0. The van der Waals surface area contributed by atoms with Crippen LogP contribution in [0.5, 0.6) is 0 Å². The monoisotopic (exact) mass is 360 g/mol. The molecule has 21 heavy (non-hydrogen) atoms. The van der Waals surface area contributed by atoms with Crippen LogP contribution in [0.4, 0.5) is 5.69 Å². The molecule has 8 heteroatoms. The van der Waals surface area contributed by atoms with E-state index in [1.165, 1.54) is 36.4 Å². The summed E-state index contributed by atoms with van der Waals surface area (Å²) in [7, 11) is -3.92. The fourth-order valence-electron chi connectivity index (χ4n) is 1.56. The average Bonchev–Trinajstić information content (AvgIpc) is 2.41. The summed E-state index contributed by atoms with van der Waals surface area (Å²) in [6, 6.07) is 10.1. The van der Waals surface area contributed by atoms with Crippen LogP contribution in [0.1, 0.15) is 5.56 Å². The lowest BCUT2D eigenvalue weighted by molar-refractivity contribution is 0.601. The van der Waals surface area contributed by atoms with Gasteiger partial charge >= 0.3 is 0 Å². The van der Waals surface area contributed by atoms with Crippen molar-refractivity contribution < 1.29 is 8.42 Å². The summed E-state index contributed by atoms with van der Waals surface area (Å²) in [4.78, 5) is -0.144. The molecule has 0 aliphatic heterocycles. The van der Waals surface area contributed by atoms with E-state index in [9.17, 15) is 8.42 Å². The Morgan fingerprint density at radius 3 is 2.29 bits per heavy atom. The van der Waals surface area contributed by atoms with Crippen LogP contribution in [0.15, 0.2) is 41.3 Å². The van der Waals surface area contributed by atoms with E-state index < -0.39 is 10.0 Å². The first-order valence-electron chi connectivity index (χ1n) is 5.51. The third-order valence-electron chi connectivity index (χ3n) is 2.53. The van der Waals surface area contributed by atoms with E-state index in [1.54, 1.807) is 0 Å². The zero-order valence-electron chi connectivity index (χ0n) is 10.3. The molecule has 0 aromatic heterocycles. The minimum atomic E-state index is -3.92. The van der Waals surface area contributed by atoms with Crippen LogP contribution in [0.25, 0.3) is 0 Å². The lowest BCUT2D eigenvalue weighted by Crippen LogP contribution is -2.13. The maximum atomic E-state index is 12.3.